The van der Waals surface area contributed by atoms with Gasteiger partial charge < -0.3 is 11.1 Å². The molecule has 3 N–H and O–H groups in total. The zero-order chi connectivity index (χ0) is 12.9. The third kappa shape index (κ3) is 4.60. The van der Waals surface area contributed by atoms with Gasteiger partial charge >= 0.3 is 6.18 Å². The van der Waals surface area contributed by atoms with Crippen LogP contribution in [0.15, 0.2) is 18.3 Å². The van der Waals surface area contributed by atoms with Crippen molar-refractivity contribution < 1.29 is 13.2 Å². The molecule has 0 fully saturated rings. The Morgan fingerprint density at radius 2 is 2.18 bits per heavy atom. The van der Waals surface area contributed by atoms with Crippen LogP contribution in [-0.4, -0.2) is 17.6 Å². The van der Waals surface area contributed by atoms with Crippen LogP contribution in [-0.2, 0) is 6.18 Å². The first kappa shape index (κ1) is 13.8. The number of nitrogens with one attached hydrogen (secondary N) is 1. The van der Waals surface area contributed by atoms with Gasteiger partial charge in [-0.1, -0.05) is 0 Å². The number of anilines is 1. The van der Waals surface area contributed by atoms with E-state index in [2.05, 4.69) is 10.3 Å². The van der Waals surface area contributed by atoms with E-state index in [1.165, 1.54) is 6.07 Å². The molecule has 1 rings (SSSR count). The lowest BCUT2D eigenvalue weighted by Crippen LogP contribution is -2.17. The van der Waals surface area contributed by atoms with E-state index >= 15 is 0 Å². The van der Waals surface area contributed by atoms with Crippen molar-refractivity contribution in [2.24, 2.45) is 5.73 Å². The van der Waals surface area contributed by atoms with Crippen molar-refractivity contribution in [1.82, 2.24) is 4.98 Å². The second-order valence-corrected chi connectivity index (χ2v) is 3.90. The quantitative estimate of drug-likeness (QED) is 0.841. The summed E-state index contributed by atoms with van der Waals surface area (Å²) in [5, 5.41) is 2.99. The molecule has 0 amide bonds. The van der Waals surface area contributed by atoms with E-state index in [4.69, 9.17) is 5.73 Å². The fourth-order valence-electron chi connectivity index (χ4n) is 1.46. The van der Waals surface area contributed by atoms with E-state index in [-0.39, 0.29) is 6.04 Å². The van der Waals surface area contributed by atoms with Gasteiger partial charge in [0.1, 0.15) is 5.69 Å². The van der Waals surface area contributed by atoms with Gasteiger partial charge in [-0.25, -0.2) is 0 Å². The minimum absolute atomic E-state index is 0.0852. The second-order valence-electron chi connectivity index (χ2n) is 3.90. The number of pyridine rings is 1. The molecule has 17 heavy (non-hydrogen) atoms. The fraction of sp³-hybridized carbons (Fsp3) is 0.545. The number of nitrogens with two attached hydrogens (primary N) is 1. The van der Waals surface area contributed by atoms with Crippen molar-refractivity contribution in [1.29, 1.82) is 0 Å². The largest absolute Gasteiger partial charge is 0.433 e. The summed E-state index contributed by atoms with van der Waals surface area (Å²) in [5.41, 5.74) is 4.91. The second kappa shape index (κ2) is 5.86. The molecule has 0 radical (unpaired) electrons. The molecule has 6 heteroatoms. The van der Waals surface area contributed by atoms with Crippen molar-refractivity contribution in [3.8, 4) is 0 Å². The Morgan fingerprint density at radius 1 is 1.47 bits per heavy atom. The molecule has 0 saturated carbocycles. The summed E-state index contributed by atoms with van der Waals surface area (Å²) in [7, 11) is 0. The van der Waals surface area contributed by atoms with Crippen LogP contribution in [0.1, 0.15) is 25.5 Å². The number of hydrogen-bond acceptors (Lipinski definition) is 3. The molecule has 1 atom stereocenters. The third-order valence-electron chi connectivity index (χ3n) is 2.30. The highest BCUT2D eigenvalue weighted by atomic mass is 19.4. The number of rotatable bonds is 5. The van der Waals surface area contributed by atoms with Gasteiger partial charge in [0.25, 0.3) is 0 Å². The number of alkyl halides is 3. The zero-order valence-electron chi connectivity index (χ0n) is 9.59. The molecule has 3 nitrogen and oxygen atoms in total. The van der Waals surface area contributed by atoms with Gasteiger partial charge in [-0.2, -0.15) is 13.2 Å². The van der Waals surface area contributed by atoms with Gasteiger partial charge in [-0.3, -0.25) is 4.98 Å². The van der Waals surface area contributed by atoms with Crippen LogP contribution in [0.5, 0.6) is 0 Å². The topological polar surface area (TPSA) is 50.9 Å². The molecule has 0 saturated heterocycles. The summed E-state index contributed by atoms with van der Waals surface area (Å²) in [5.74, 6) is 0. The summed E-state index contributed by atoms with van der Waals surface area (Å²) in [4.78, 5) is 3.30. The van der Waals surface area contributed by atoms with Crippen molar-refractivity contribution in [3.05, 3.63) is 24.0 Å². The Morgan fingerprint density at radius 3 is 2.76 bits per heavy atom. The maximum absolute atomic E-state index is 12.4. The lowest BCUT2D eigenvalue weighted by Gasteiger charge is -2.15. The Kier molecular flexibility index (Phi) is 4.74. The number of nitrogens with zero attached hydrogens (tertiary/aromatic N) is 1. The molecule has 96 valence electrons. The Labute approximate surface area is 98.2 Å². The lowest BCUT2D eigenvalue weighted by molar-refractivity contribution is -0.141. The fourth-order valence-corrected chi connectivity index (χ4v) is 1.46. The van der Waals surface area contributed by atoms with Crippen LogP contribution >= 0.6 is 0 Å². The first-order valence-electron chi connectivity index (χ1n) is 5.43. The van der Waals surface area contributed by atoms with Gasteiger partial charge in [0, 0.05) is 17.9 Å². The van der Waals surface area contributed by atoms with Crippen LogP contribution in [0.4, 0.5) is 18.9 Å². The average molecular weight is 247 g/mol. The average Bonchev–Trinajstić information content (AvgIpc) is 2.25. The highest BCUT2D eigenvalue weighted by Crippen LogP contribution is 2.28. The van der Waals surface area contributed by atoms with Gasteiger partial charge in [0.05, 0.1) is 0 Å². The highest BCUT2D eigenvalue weighted by Gasteiger charge is 2.32. The van der Waals surface area contributed by atoms with E-state index in [1.54, 1.807) is 0 Å². The number of hydrogen-bond donors (Lipinski definition) is 2. The number of aromatic nitrogens is 1. The van der Waals surface area contributed by atoms with Crippen LogP contribution in [0.25, 0.3) is 0 Å². The van der Waals surface area contributed by atoms with E-state index < -0.39 is 11.9 Å². The lowest BCUT2D eigenvalue weighted by atomic mass is 10.1. The molecule has 0 aliphatic heterocycles. The standard InChI is InChI=1S/C11H16F3N3/c1-8(3-2-5-15)17-9-4-6-16-10(7-9)11(12,13)14/h4,6-8H,2-3,5,15H2,1H3,(H,16,17). The highest BCUT2D eigenvalue weighted by molar-refractivity contribution is 5.44. The van der Waals surface area contributed by atoms with Crippen LogP contribution in [0.2, 0.25) is 0 Å². The molecule has 1 heterocycles. The summed E-state index contributed by atoms with van der Waals surface area (Å²) in [6.45, 7) is 2.49. The van der Waals surface area contributed by atoms with Crippen molar-refractivity contribution >= 4 is 5.69 Å². The van der Waals surface area contributed by atoms with Crippen LogP contribution in [0.3, 0.4) is 0 Å². The minimum atomic E-state index is -4.40. The van der Waals surface area contributed by atoms with Crippen LogP contribution < -0.4 is 11.1 Å². The van der Waals surface area contributed by atoms with E-state index in [1.807, 2.05) is 6.92 Å². The molecule has 1 unspecified atom stereocenters. The van der Waals surface area contributed by atoms with E-state index in [9.17, 15) is 13.2 Å². The molecule has 0 aliphatic carbocycles. The predicted octanol–water partition coefficient (Wildman–Crippen LogP) is 2.64. The molecule has 1 aromatic heterocycles. The summed E-state index contributed by atoms with van der Waals surface area (Å²) in [6.07, 6.45) is -1.59. The molecule has 0 bridgehead atoms. The molecule has 0 aromatic carbocycles. The Hall–Kier alpha value is -1.30. The van der Waals surface area contributed by atoms with Gasteiger partial charge in [-0.15, -0.1) is 0 Å². The molecule has 0 aliphatic rings. The first-order valence-corrected chi connectivity index (χ1v) is 5.43. The smallest absolute Gasteiger partial charge is 0.382 e. The molecule has 0 spiro atoms. The maximum Gasteiger partial charge on any atom is 0.433 e. The van der Waals surface area contributed by atoms with Crippen molar-refractivity contribution in [2.45, 2.75) is 32.0 Å². The predicted molar refractivity (Wildman–Crippen MR) is 60.6 cm³/mol. The summed E-state index contributed by atoms with van der Waals surface area (Å²) >= 11 is 0. The van der Waals surface area contributed by atoms with E-state index in [0.29, 0.717) is 12.2 Å². The van der Waals surface area contributed by atoms with Gasteiger partial charge in [-0.05, 0) is 38.4 Å². The van der Waals surface area contributed by atoms with Crippen molar-refractivity contribution in [2.75, 3.05) is 11.9 Å². The zero-order valence-corrected chi connectivity index (χ0v) is 9.59. The molecule has 1 aromatic rings. The normalized spacial score (nSPS) is 13.5. The summed E-state index contributed by atoms with van der Waals surface area (Å²) in [6, 6.07) is 2.62. The van der Waals surface area contributed by atoms with Gasteiger partial charge in [0.15, 0.2) is 0 Å². The number of halogens is 3. The van der Waals surface area contributed by atoms with Gasteiger partial charge in [0.2, 0.25) is 0 Å². The Bertz CT molecular complexity index is 352. The van der Waals surface area contributed by atoms with Crippen molar-refractivity contribution in [3.63, 3.8) is 0 Å². The monoisotopic (exact) mass is 247 g/mol. The first-order chi connectivity index (χ1) is 7.93. The minimum Gasteiger partial charge on any atom is -0.382 e. The van der Waals surface area contributed by atoms with Crippen LogP contribution in [0, 0.1) is 0 Å². The van der Waals surface area contributed by atoms with E-state index in [0.717, 1.165) is 25.1 Å². The maximum atomic E-state index is 12.4. The Balaban J connectivity index is 2.66. The SMILES string of the molecule is CC(CCCN)Nc1ccnc(C(F)(F)F)c1. The summed E-state index contributed by atoms with van der Waals surface area (Å²) < 4.78 is 37.2. The molecular weight excluding hydrogens is 231 g/mol. The molecular formula is C11H16F3N3. The third-order valence-corrected chi connectivity index (χ3v) is 2.30.